The summed E-state index contributed by atoms with van der Waals surface area (Å²) < 4.78 is 0. The fourth-order valence-electron chi connectivity index (χ4n) is 2.61. The van der Waals surface area contributed by atoms with Crippen molar-refractivity contribution in [3.63, 3.8) is 0 Å². The maximum Gasteiger partial charge on any atom is 0.269 e. The summed E-state index contributed by atoms with van der Waals surface area (Å²) in [6.45, 7) is 1.27. The van der Waals surface area contributed by atoms with Gasteiger partial charge in [-0.05, 0) is 48.6 Å². The Morgan fingerprint density at radius 3 is 2.72 bits per heavy atom. The van der Waals surface area contributed by atoms with Crippen LogP contribution < -0.4 is 11.1 Å². The summed E-state index contributed by atoms with van der Waals surface area (Å²) in [7, 11) is 0. The predicted octanol–water partition coefficient (Wildman–Crippen LogP) is 1.46. The molecule has 2 aliphatic carbocycles. The molecule has 3 rings (SSSR count). The summed E-state index contributed by atoms with van der Waals surface area (Å²) in [5.74, 6) is 0.802. The van der Waals surface area contributed by atoms with Crippen LogP contribution in [0.3, 0.4) is 0 Å². The van der Waals surface area contributed by atoms with Gasteiger partial charge in [0, 0.05) is 19.3 Å². The number of nitrogens with one attached hydrogen (secondary N) is 1. The average molecular weight is 245 g/mol. The van der Waals surface area contributed by atoms with Crippen LogP contribution in [0.15, 0.2) is 18.3 Å². The SMILES string of the molecule is NCc1ccc(C(=O)NCC2(C3CC3)CC2)nc1. The van der Waals surface area contributed by atoms with E-state index in [1.165, 1.54) is 25.7 Å². The van der Waals surface area contributed by atoms with Gasteiger partial charge >= 0.3 is 0 Å². The van der Waals surface area contributed by atoms with Gasteiger partial charge < -0.3 is 11.1 Å². The zero-order valence-corrected chi connectivity index (χ0v) is 10.5. The van der Waals surface area contributed by atoms with Gasteiger partial charge in [0.05, 0.1) is 0 Å². The van der Waals surface area contributed by atoms with Crippen LogP contribution in [0.5, 0.6) is 0 Å². The average Bonchev–Trinajstić information content (AvgIpc) is 3.28. The number of nitrogens with zero attached hydrogens (tertiary/aromatic N) is 1. The second-order valence-corrected chi connectivity index (χ2v) is 5.58. The number of pyridine rings is 1. The van der Waals surface area contributed by atoms with Crippen LogP contribution in [0.1, 0.15) is 41.7 Å². The van der Waals surface area contributed by atoms with Gasteiger partial charge in [-0.15, -0.1) is 0 Å². The van der Waals surface area contributed by atoms with E-state index in [2.05, 4.69) is 10.3 Å². The highest BCUT2D eigenvalue weighted by atomic mass is 16.1. The molecule has 0 spiro atoms. The molecule has 0 aromatic carbocycles. The Balaban J connectivity index is 1.57. The second kappa shape index (κ2) is 4.35. The van der Waals surface area contributed by atoms with E-state index < -0.39 is 0 Å². The van der Waals surface area contributed by atoms with Crippen LogP contribution in [-0.2, 0) is 6.54 Å². The smallest absolute Gasteiger partial charge is 0.269 e. The van der Waals surface area contributed by atoms with Crippen LogP contribution in [-0.4, -0.2) is 17.4 Å². The standard InChI is InChI=1S/C14H19N3O/c15-7-10-1-4-12(16-8-10)13(18)17-9-14(5-6-14)11-2-3-11/h1,4,8,11H,2-3,5-7,9,15H2,(H,17,18). The largest absolute Gasteiger partial charge is 0.350 e. The summed E-state index contributed by atoms with van der Waals surface area (Å²) in [5, 5.41) is 3.03. The Kier molecular flexibility index (Phi) is 2.82. The first kappa shape index (κ1) is 11.7. The summed E-state index contributed by atoms with van der Waals surface area (Å²) >= 11 is 0. The zero-order chi connectivity index (χ0) is 12.6. The number of amides is 1. The summed E-state index contributed by atoms with van der Waals surface area (Å²) in [5.41, 5.74) is 7.37. The second-order valence-electron chi connectivity index (χ2n) is 5.58. The van der Waals surface area contributed by atoms with Crippen molar-refractivity contribution in [2.45, 2.75) is 32.2 Å². The van der Waals surface area contributed by atoms with Crippen molar-refractivity contribution < 1.29 is 4.79 Å². The molecule has 96 valence electrons. The normalized spacial score (nSPS) is 20.5. The van der Waals surface area contributed by atoms with E-state index in [9.17, 15) is 4.79 Å². The van der Waals surface area contributed by atoms with Crippen molar-refractivity contribution in [3.8, 4) is 0 Å². The third-order valence-electron chi connectivity index (χ3n) is 4.23. The number of hydrogen-bond acceptors (Lipinski definition) is 3. The Morgan fingerprint density at radius 1 is 1.44 bits per heavy atom. The highest BCUT2D eigenvalue weighted by molar-refractivity contribution is 5.92. The molecule has 0 bridgehead atoms. The van der Waals surface area contributed by atoms with Crippen molar-refractivity contribution in [2.24, 2.45) is 17.1 Å². The predicted molar refractivity (Wildman–Crippen MR) is 68.9 cm³/mol. The van der Waals surface area contributed by atoms with E-state index >= 15 is 0 Å². The van der Waals surface area contributed by atoms with E-state index in [0.717, 1.165) is 18.0 Å². The highest BCUT2D eigenvalue weighted by Gasteiger charge is 2.53. The Hall–Kier alpha value is -1.42. The fraction of sp³-hybridized carbons (Fsp3) is 0.571. The van der Waals surface area contributed by atoms with E-state index in [0.29, 0.717) is 17.7 Å². The monoisotopic (exact) mass is 245 g/mol. The molecule has 0 saturated heterocycles. The van der Waals surface area contributed by atoms with Crippen molar-refractivity contribution in [1.82, 2.24) is 10.3 Å². The van der Waals surface area contributed by atoms with E-state index in [-0.39, 0.29) is 5.91 Å². The number of rotatable bonds is 5. The lowest BCUT2D eigenvalue weighted by Gasteiger charge is -2.14. The maximum atomic E-state index is 12.0. The molecule has 1 amide bonds. The maximum absolute atomic E-state index is 12.0. The van der Waals surface area contributed by atoms with Crippen molar-refractivity contribution in [3.05, 3.63) is 29.6 Å². The third-order valence-corrected chi connectivity index (χ3v) is 4.23. The van der Waals surface area contributed by atoms with Gasteiger partial charge in [0.2, 0.25) is 0 Å². The molecule has 1 aromatic rings. The van der Waals surface area contributed by atoms with E-state index in [1.54, 1.807) is 12.3 Å². The Morgan fingerprint density at radius 2 is 2.22 bits per heavy atom. The van der Waals surface area contributed by atoms with Crippen LogP contribution >= 0.6 is 0 Å². The van der Waals surface area contributed by atoms with Gasteiger partial charge in [0.15, 0.2) is 0 Å². The Labute approximate surface area is 107 Å². The highest BCUT2D eigenvalue weighted by Crippen LogP contribution is 2.60. The fourth-order valence-corrected chi connectivity index (χ4v) is 2.61. The van der Waals surface area contributed by atoms with Gasteiger partial charge in [-0.3, -0.25) is 9.78 Å². The Bertz CT molecular complexity index is 447. The third kappa shape index (κ3) is 2.25. The number of hydrogen-bond donors (Lipinski definition) is 2. The summed E-state index contributed by atoms with van der Waals surface area (Å²) in [6.07, 6.45) is 6.91. The van der Waals surface area contributed by atoms with Gasteiger partial charge in [-0.1, -0.05) is 6.07 Å². The van der Waals surface area contributed by atoms with Gasteiger partial charge in [-0.25, -0.2) is 0 Å². The molecule has 0 unspecified atom stereocenters. The van der Waals surface area contributed by atoms with E-state index in [4.69, 9.17) is 5.73 Å². The minimum absolute atomic E-state index is 0.0644. The first-order valence-corrected chi connectivity index (χ1v) is 6.67. The molecular formula is C14H19N3O. The number of nitrogens with two attached hydrogens (primary N) is 1. The van der Waals surface area contributed by atoms with Crippen molar-refractivity contribution >= 4 is 5.91 Å². The topological polar surface area (TPSA) is 68.0 Å². The lowest BCUT2D eigenvalue weighted by molar-refractivity contribution is 0.0937. The first-order valence-electron chi connectivity index (χ1n) is 6.67. The van der Waals surface area contributed by atoms with E-state index in [1.807, 2.05) is 6.07 Å². The molecule has 4 heteroatoms. The molecule has 3 N–H and O–H groups in total. The zero-order valence-electron chi connectivity index (χ0n) is 10.5. The molecular weight excluding hydrogens is 226 g/mol. The molecule has 2 fully saturated rings. The molecule has 1 aromatic heterocycles. The van der Waals surface area contributed by atoms with Gasteiger partial charge in [-0.2, -0.15) is 0 Å². The summed E-state index contributed by atoms with van der Waals surface area (Å²) in [4.78, 5) is 16.1. The molecule has 2 aliphatic rings. The molecule has 18 heavy (non-hydrogen) atoms. The summed E-state index contributed by atoms with van der Waals surface area (Å²) in [6, 6.07) is 3.60. The van der Waals surface area contributed by atoms with Crippen LogP contribution in [0.25, 0.3) is 0 Å². The lowest BCUT2D eigenvalue weighted by atomic mass is 10.0. The number of carbonyl (C=O) groups is 1. The number of aromatic nitrogens is 1. The molecule has 0 aliphatic heterocycles. The molecule has 0 radical (unpaired) electrons. The minimum atomic E-state index is -0.0644. The molecule has 0 atom stereocenters. The van der Waals surface area contributed by atoms with Crippen LogP contribution in [0.2, 0.25) is 0 Å². The first-order chi connectivity index (χ1) is 8.73. The van der Waals surface area contributed by atoms with Gasteiger partial charge in [0.1, 0.15) is 5.69 Å². The lowest BCUT2D eigenvalue weighted by Crippen LogP contribution is -2.31. The molecule has 2 saturated carbocycles. The number of carbonyl (C=O) groups excluding carboxylic acids is 1. The minimum Gasteiger partial charge on any atom is -0.350 e. The molecule has 1 heterocycles. The molecule has 4 nitrogen and oxygen atoms in total. The van der Waals surface area contributed by atoms with Crippen LogP contribution in [0, 0.1) is 11.3 Å². The van der Waals surface area contributed by atoms with Crippen molar-refractivity contribution in [1.29, 1.82) is 0 Å². The quantitative estimate of drug-likeness (QED) is 0.825. The van der Waals surface area contributed by atoms with Gasteiger partial charge in [0.25, 0.3) is 5.91 Å². The van der Waals surface area contributed by atoms with Crippen molar-refractivity contribution in [2.75, 3.05) is 6.54 Å². The van der Waals surface area contributed by atoms with Crippen LogP contribution in [0.4, 0.5) is 0 Å².